The van der Waals surface area contributed by atoms with Crippen molar-refractivity contribution in [1.29, 1.82) is 0 Å². The molecule has 0 saturated heterocycles. The lowest BCUT2D eigenvalue weighted by molar-refractivity contribution is -0.140. The van der Waals surface area contributed by atoms with Gasteiger partial charge in [0.05, 0.1) is 17.2 Å². The van der Waals surface area contributed by atoms with E-state index in [4.69, 9.17) is 4.74 Å². The van der Waals surface area contributed by atoms with Gasteiger partial charge in [-0.3, -0.25) is 13.9 Å². The van der Waals surface area contributed by atoms with E-state index in [2.05, 4.69) is 5.32 Å². The summed E-state index contributed by atoms with van der Waals surface area (Å²) >= 11 is 0. The summed E-state index contributed by atoms with van der Waals surface area (Å²) in [7, 11) is -4.23. The minimum atomic E-state index is -4.23. The SMILES string of the molecule is CCNC(=O)[C@@H](Cc1ccccc1)N(Cc1ccccc1C)C(=O)CN(c1ccccc1OCC)S(=O)(=O)c1ccc(C)cc1. The molecule has 9 heteroatoms. The molecule has 0 aromatic heterocycles. The van der Waals surface area contributed by atoms with E-state index >= 15 is 0 Å². The molecule has 0 spiro atoms. The molecule has 4 rings (SSSR count). The van der Waals surface area contributed by atoms with Crippen molar-refractivity contribution < 1.29 is 22.7 Å². The summed E-state index contributed by atoms with van der Waals surface area (Å²) in [5, 5.41) is 2.89. The molecule has 0 fully saturated rings. The Hall–Kier alpha value is -4.63. The van der Waals surface area contributed by atoms with Gasteiger partial charge in [-0.2, -0.15) is 0 Å². The Kier molecular flexibility index (Phi) is 11.4. The van der Waals surface area contributed by atoms with Crippen molar-refractivity contribution in [1.82, 2.24) is 10.2 Å². The van der Waals surface area contributed by atoms with Crippen molar-refractivity contribution >= 4 is 27.5 Å². The van der Waals surface area contributed by atoms with Crippen LogP contribution in [0.15, 0.2) is 108 Å². The predicted molar refractivity (Wildman–Crippen MR) is 178 cm³/mol. The summed E-state index contributed by atoms with van der Waals surface area (Å²) in [6.07, 6.45) is 0.255. The molecule has 1 atom stereocenters. The number of aryl methyl sites for hydroxylation is 2. The number of carbonyl (C=O) groups is 2. The van der Waals surface area contributed by atoms with E-state index in [1.165, 1.54) is 17.0 Å². The molecular weight excluding hydrogens is 586 g/mol. The Morgan fingerprint density at radius 2 is 1.47 bits per heavy atom. The van der Waals surface area contributed by atoms with E-state index in [9.17, 15) is 18.0 Å². The zero-order valence-corrected chi connectivity index (χ0v) is 27.1. The number of likely N-dealkylation sites (N-methyl/N-ethyl adjacent to an activating group) is 1. The van der Waals surface area contributed by atoms with Gasteiger partial charge >= 0.3 is 0 Å². The molecule has 0 unspecified atom stereocenters. The van der Waals surface area contributed by atoms with Crippen LogP contribution in [0.2, 0.25) is 0 Å². The van der Waals surface area contributed by atoms with Crippen molar-refractivity contribution in [3.63, 3.8) is 0 Å². The third-order valence-electron chi connectivity index (χ3n) is 7.55. The quantitative estimate of drug-likeness (QED) is 0.194. The molecule has 2 amide bonds. The fourth-order valence-corrected chi connectivity index (χ4v) is 6.53. The average molecular weight is 628 g/mol. The maximum Gasteiger partial charge on any atom is 0.264 e. The molecule has 4 aromatic rings. The largest absolute Gasteiger partial charge is 0.492 e. The van der Waals surface area contributed by atoms with E-state index in [-0.39, 0.29) is 29.5 Å². The Balaban J connectivity index is 1.84. The predicted octanol–water partition coefficient (Wildman–Crippen LogP) is 5.67. The summed E-state index contributed by atoms with van der Waals surface area (Å²) in [5.41, 5.74) is 3.83. The van der Waals surface area contributed by atoms with Crippen LogP contribution < -0.4 is 14.4 Å². The lowest BCUT2D eigenvalue weighted by atomic mass is 10.0. The van der Waals surface area contributed by atoms with Crippen molar-refractivity contribution in [2.24, 2.45) is 0 Å². The first-order valence-corrected chi connectivity index (χ1v) is 16.6. The summed E-state index contributed by atoms with van der Waals surface area (Å²) < 4.78 is 35.5. The number of para-hydroxylation sites is 2. The molecule has 45 heavy (non-hydrogen) atoms. The van der Waals surface area contributed by atoms with Gasteiger partial charge in [0.15, 0.2) is 0 Å². The van der Waals surface area contributed by atoms with E-state index in [1.54, 1.807) is 36.4 Å². The third kappa shape index (κ3) is 8.30. The number of amides is 2. The number of carbonyl (C=O) groups excluding carboxylic acids is 2. The van der Waals surface area contributed by atoms with Crippen LogP contribution in [0.1, 0.15) is 36.1 Å². The van der Waals surface area contributed by atoms with E-state index in [0.717, 1.165) is 26.6 Å². The molecule has 0 radical (unpaired) electrons. The molecule has 0 aliphatic rings. The minimum absolute atomic E-state index is 0.0437. The fourth-order valence-electron chi connectivity index (χ4n) is 5.11. The highest BCUT2D eigenvalue weighted by Gasteiger charge is 2.35. The summed E-state index contributed by atoms with van der Waals surface area (Å²) in [4.78, 5) is 29.8. The number of benzene rings is 4. The van der Waals surface area contributed by atoms with Crippen LogP contribution in [-0.4, -0.2) is 50.9 Å². The van der Waals surface area contributed by atoms with E-state index in [1.807, 2.05) is 82.3 Å². The third-order valence-corrected chi connectivity index (χ3v) is 9.32. The average Bonchev–Trinajstić information content (AvgIpc) is 3.03. The van der Waals surface area contributed by atoms with Gasteiger partial charge < -0.3 is 15.0 Å². The van der Waals surface area contributed by atoms with Crippen LogP contribution in [-0.2, 0) is 32.6 Å². The minimum Gasteiger partial charge on any atom is -0.492 e. The normalized spacial score (nSPS) is 11.8. The van der Waals surface area contributed by atoms with Crippen LogP contribution in [0.3, 0.4) is 0 Å². The Morgan fingerprint density at radius 3 is 2.13 bits per heavy atom. The first-order chi connectivity index (χ1) is 21.6. The molecular formula is C36H41N3O5S. The van der Waals surface area contributed by atoms with Crippen LogP contribution in [0.4, 0.5) is 5.69 Å². The molecule has 0 aliphatic heterocycles. The second-order valence-corrected chi connectivity index (χ2v) is 12.6. The number of ether oxygens (including phenoxy) is 1. The lowest BCUT2D eigenvalue weighted by Crippen LogP contribution is -2.53. The van der Waals surface area contributed by atoms with Gasteiger partial charge in [-0.1, -0.05) is 84.4 Å². The van der Waals surface area contributed by atoms with Crippen LogP contribution in [0.5, 0.6) is 5.75 Å². The van der Waals surface area contributed by atoms with Gasteiger partial charge in [0.2, 0.25) is 11.8 Å². The molecule has 236 valence electrons. The number of nitrogens with one attached hydrogen (secondary N) is 1. The van der Waals surface area contributed by atoms with Crippen molar-refractivity contribution in [3.8, 4) is 5.75 Å². The standard InChI is InChI=1S/C36H41N3O5S/c1-5-37-36(41)33(24-29-15-8-7-9-16-29)38(25-30-17-11-10-14-28(30)4)35(40)26-39(32-18-12-13-19-34(32)44-6-2)45(42,43)31-22-20-27(3)21-23-31/h7-23,33H,5-6,24-26H2,1-4H3,(H,37,41)/t33-/m1/s1. The zero-order valence-electron chi connectivity index (χ0n) is 26.3. The van der Waals surface area contributed by atoms with Gasteiger partial charge in [-0.25, -0.2) is 8.42 Å². The Bertz CT molecular complexity index is 1690. The maximum absolute atomic E-state index is 14.6. The van der Waals surface area contributed by atoms with E-state index in [0.29, 0.717) is 18.9 Å². The highest BCUT2D eigenvalue weighted by molar-refractivity contribution is 7.92. The van der Waals surface area contributed by atoms with Gasteiger partial charge in [-0.05, 0) is 68.7 Å². The second kappa shape index (κ2) is 15.4. The fraction of sp³-hybridized carbons (Fsp3) is 0.278. The smallest absolute Gasteiger partial charge is 0.264 e. The summed E-state index contributed by atoms with van der Waals surface area (Å²) in [6, 6.07) is 29.5. The van der Waals surface area contributed by atoms with Crippen LogP contribution in [0.25, 0.3) is 0 Å². The number of anilines is 1. The molecule has 4 aromatic carbocycles. The van der Waals surface area contributed by atoms with Gasteiger partial charge in [0, 0.05) is 19.5 Å². The molecule has 8 nitrogen and oxygen atoms in total. The number of hydrogen-bond donors (Lipinski definition) is 1. The monoisotopic (exact) mass is 627 g/mol. The summed E-state index contributed by atoms with van der Waals surface area (Å²) in [6.45, 7) is 7.72. The highest BCUT2D eigenvalue weighted by Crippen LogP contribution is 2.33. The van der Waals surface area contributed by atoms with Crippen LogP contribution in [0, 0.1) is 13.8 Å². The molecule has 0 saturated carbocycles. The molecule has 1 N–H and O–H groups in total. The number of rotatable bonds is 14. The van der Waals surface area contributed by atoms with Crippen molar-refractivity contribution in [2.75, 3.05) is 24.0 Å². The van der Waals surface area contributed by atoms with Crippen LogP contribution >= 0.6 is 0 Å². The Labute approximate surface area is 266 Å². The first-order valence-electron chi connectivity index (χ1n) is 15.1. The van der Waals surface area contributed by atoms with Crippen molar-refractivity contribution in [2.45, 2.75) is 51.6 Å². The molecule has 0 bridgehead atoms. The Morgan fingerprint density at radius 1 is 0.822 bits per heavy atom. The second-order valence-electron chi connectivity index (χ2n) is 10.8. The topological polar surface area (TPSA) is 96.0 Å². The summed E-state index contributed by atoms with van der Waals surface area (Å²) in [5.74, 6) is -0.503. The van der Waals surface area contributed by atoms with Gasteiger partial charge in [-0.15, -0.1) is 0 Å². The molecule has 0 aliphatic carbocycles. The lowest BCUT2D eigenvalue weighted by Gasteiger charge is -2.34. The van der Waals surface area contributed by atoms with Gasteiger partial charge in [0.25, 0.3) is 10.0 Å². The zero-order chi connectivity index (χ0) is 32.4. The van der Waals surface area contributed by atoms with E-state index < -0.39 is 28.5 Å². The highest BCUT2D eigenvalue weighted by atomic mass is 32.2. The van der Waals surface area contributed by atoms with Gasteiger partial charge in [0.1, 0.15) is 18.3 Å². The number of nitrogens with zero attached hydrogens (tertiary/aromatic N) is 2. The number of sulfonamides is 1. The molecule has 0 heterocycles. The number of hydrogen-bond acceptors (Lipinski definition) is 5. The maximum atomic E-state index is 14.6. The first kappa shape index (κ1) is 33.3. The van der Waals surface area contributed by atoms with Crippen molar-refractivity contribution in [3.05, 3.63) is 125 Å².